The lowest BCUT2D eigenvalue weighted by Crippen LogP contribution is -2.09. The summed E-state index contributed by atoms with van der Waals surface area (Å²) in [6.45, 7) is 0. The summed E-state index contributed by atoms with van der Waals surface area (Å²) >= 11 is 0. The van der Waals surface area contributed by atoms with E-state index in [4.69, 9.17) is 5.11 Å². The number of carboxylic acid groups (broad SMARTS) is 1. The predicted octanol–water partition coefficient (Wildman–Crippen LogP) is 2.92. The van der Waals surface area contributed by atoms with Crippen LogP contribution in [0.5, 0.6) is 0 Å². The number of benzene rings is 2. The highest BCUT2D eigenvalue weighted by Gasteiger charge is 2.23. The first kappa shape index (κ1) is 11.7. The van der Waals surface area contributed by atoms with E-state index < -0.39 is 12.4 Å². The summed E-state index contributed by atoms with van der Waals surface area (Å²) in [7, 11) is 0. The third kappa shape index (κ3) is 1.93. The molecule has 94 valence electrons. The monoisotopic (exact) mass is 252 g/mol. The molecule has 1 aliphatic carbocycles. The van der Waals surface area contributed by atoms with Gasteiger partial charge in [-0.3, -0.25) is 9.59 Å². The highest BCUT2D eigenvalue weighted by Crippen LogP contribution is 2.38. The van der Waals surface area contributed by atoms with Crippen LogP contribution >= 0.6 is 0 Å². The summed E-state index contributed by atoms with van der Waals surface area (Å²) in [6.07, 6.45) is 0.250. The lowest BCUT2D eigenvalue weighted by Gasteiger charge is -2.06. The van der Waals surface area contributed by atoms with Gasteiger partial charge in [-0.25, -0.2) is 0 Å². The van der Waals surface area contributed by atoms with Gasteiger partial charge in [0.1, 0.15) is 6.42 Å². The predicted molar refractivity (Wildman–Crippen MR) is 71.3 cm³/mol. The fourth-order valence-corrected chi connectivity index (χ4v) is 2.65. The van der Waals surface area contributed by atoms with Gasteiger partial charge in [-0.1, -0.05) is 42.5 Å². The summed E-state index contributed by atoms with van der Waals surface area (Å²) in [5.74, 6) is -1.41. The van der Waals surface area contributed by atoms with Crippen molar-refractivity contribution < 1.29 is 14.7 Å². The summed E-state index contributed by atoms with van der Waals surface area (Å²) in [6, 6.07) is 13.5. The van der Waals surface area contributed by atoms with Crippen molar-refractivity contribution in [3.8, 4) is 11.1 Å². The van der Waals surface area contributed by atoms with Crippen LogP contribution < -0.4 is 0 Å². The van der Waals surface area contributed by atoms with Crippen LogP contribution in [0.3, 0.4) is 0 Å². The molecule has 0 radical (unpaired) electrons. The Morgan fingerprint density at radius 3 is 2.53 bits per heavy atom. The standard InChI is InChI=1S/C16H12O3/c17-15(9-16(18)19)13-7-3-6-12-11-5-2-1-4-10(11)8-14(12)13/h1-7H,8-9H2,(H,18,19). The third-order valence-corrected chi connectivity index (χ3v) is 3.46. The van der Waals surface area contributed by atoms with E-state index in [1.54, 1.807) is 6.07 Å². The molecular weight excluding hydrogens is 240 g/mol. The van der Waals surface area contributed by atoms with Crippen LogP contribution in [0.1, 0.15) is 27.9 Å². The van der Waals surface area contributed by atoms with Crippen molar-refractivity contribution in [1.29, 1.82) is 0 Å². The molecule has 2 aromatic rings. The molecule has 0 amide bonds. The minimum atomic E-state index is -1.09. The van der Waals surface area contributed by atoms with Crippen molar-refractivity contribution in [2.24, 2.45) is 0 Å². The minimum Gasteiger partial charge on any atom is -0.481 e. The Bertz CT molecular complexity index is 686. The van der Waals surface area contributed by atoms with Gasteiger partial charge in [0.05, 0.1) is 0 Å². The van der Waals surface area contributed by atoms with E-state index >= 15 is 0 Å². The second-order valence-corrected chi connectivity index (χ2v) is 4.66. The molecule has 0 aromatic heterocycles. The number of ketones is 1. The van der Waals surface area contributed by atoms with Gasteiger partial charge >= 0.3 is 5.97 Å². The minimum absolute atomic E-state index is 0.322. The van der Waals surface area contributed by atoms with Crippen molar-refractivity contribution in [2.75, 3.05) is 0 Å². The van der Waals surface area contributed by atoms with Crippen LogP contribution in [0.15, 0.2) is 42.5 Å². The van der Waals surface area contributed by atoms with E-state index in [0.29, 0.717) is 12.0 Å². The quantitative estimate of drug-likeness (QED) is 0.576. The molecule has 0 spiro atoms. The Morgan fingerprint density at radius 1 is 1.00 bits per heavy atom. The zero-order valence-corrected chi connectivity index (χ0v) is 10.2. The van der Waals surface area contributed by atoms with Gasteiger partial charge in [0.25, 0.3) is 0 Å². The molecule has 3 nitrogen and oxygen atoms in total. The maximum Gasteiger partial charge on any atom is 0.311 e. The SMILES string of the molecule is O=C(O)CC(=O)c1cccc2c1Cc1ccccc1-2. The molecule has 19 heavy (non-hydrogen) atoms. The second-order valence-electron chi connectivity index (χ2n) is 4.66. The summed E-state index contributed by atoms with van der Waals surface area (Å²) < 4.78 is 0. The number of Topliss-reactive ketones (excluding diaryl/α,β-unsaturated/α-hetero) is 1. The highest BCUT2D eigenvalue weighted by atomic mass is 16.4. The molecule has 0 aliphatic heterocycles. The first-order chi connectivity index (χ1) is 9.16. The summed E-state index contributed by atoms with van der Waals surface area (Å²) in [5, 5.41) is 8.75. The zero-order chi connectivity index (χ0) is 13.4. The fraction of sp³-hybridized carbons (Fsp3) is 0.125. The molecule has 0 saturated carbocycles. The van der Waals surface area contributed by atoms with Crippen molar-refractivity contribution in [3.05, 3.63) is 59.2 Å². The summed E-state index contributed by atoms with van der Waals surface area (Å²) in [4.78, 5) is 22.7. The Morgan fingerprint density at radius 2 is 1.74 bits per heavy atom. The van der Waals surface area contributed by atoms with Gasteiger partial charge in [0.2, 0.25) is 0 Å². The third-order valence-electron chi connectivity index (χ3n) is 3.46. The number of hydrogen-bond acceptors (Lipinski definition) is 2. The smallest absolute Gasteiger partial charge is 0.311 e. The lowest BCUT2D eigenvalue weighted by molar-refractivity contribution is -0.135. The maximum absolute atomic E-state index is 12.0. The van der Waals surface area contributed by atoms with Crippen LogP contribution in [0.2, 0.25) is 0 Å². The molecule has 3 rings (SSSR count). The van der Waals surface area contributed by atoms with Gasteiger partial charge in [-0.2, -0.15) is 0 Å². The number of rotatable bonds is 3. The van der Waals surface area contributed by atoms with Crippen molar-refractivity contribution >= 4 is 11.8 Å². The van der Waals surface area contributed by atoms with Crippen molar-refractivity contribution in [3.63, 3.8) is 0 Å². The van der Waals surface area contributed by atoms with E-state index in [2.05, 4.69) is 0 Å². The van der Waals surface area contributed by atoms with Crippen molar-refractivity contribution in [2.45, 2.75) is 12.8 Å². The first-order valence-corrected chi connectivity index (χ1v) is 6.12. The molecular formula is C16H12O3. The fourth-order valence-electron chi connectivity index (χ4n) is 2.65. The normalized spacial score (nSPS) is 11.8. The average molecular weight is 252 g/mol. The van der Waals surface area contributed by atoms with Gasteiger partial charge < -0.3 is 5.11 Å². The molecule has 2 aromatic carbocycles. The van der Waals surface area contributed by atoms with Gasteiger partial charge in [0.15, 0.2) is 5.78 Å². The van der Waals surface area contributed by atoms with E-state index in [9.17, 15) is 9.59 Å². The van der Waals surface area contributed by atoms with E-state index in [-0.39, 0.29) is 5.78 Å². The number of fused-ring (bicyclic) bond motifs is 3. The second kappa shape index (κ2) is 4.35. The van der Waals surface area contributed by atoms with Crippen LogP contribution in [-0.2, 0) is 11.2 Å². The molecule has 1 N–H and O–H groups in total. The van der Waals surface area contributed by atoms with E-state index in [1.165, 1.54) is 5.56 Å². The van der Waals surface area contributed by atoms with Crippen LogP contribution in [0.25, 0.3) is 11.1 Å². The number of aliphatic carboxylic acids is 1. The van der Waals surface area contributed by atoms with Crippen LogP contribution in [0.4, 0.5) is 0 Å². The molecule has 0 heterocycles. The number of carboxylic acids is 1. The highest BCUT2D eigenvalue weighted by molar-refractivity contribution is 6.07. The Balaban J connectivity index is 2.08. The molecule has 0 fully saturated rings. The summed E-state index contributed by atoms with van der Waals surface area (Å²) in [5.41, 5.74) is 4.87. The number of hydrogen-bond donors (Lipinski definition) is 1. The Kier molecular flexibility index (Phi) is 2.67. The van der Waals surface area contributed by atoms with Gasteiger partial charge in [-0.15, -0.1) is 0 Å². The molecule has 0 saturated heterocycles. The van der Waals surface area contributed by atoms with Crippen LogP contribution in [-0.4, -0.2) is 16.9 Å². The lowest BCUT2D eigenvalue weighted by atomic mass is 9.97. The number of carbonyl (C=O) groups excluding carboxylic acids is 1. The largest absolute Gasteiger partial charge is 0.481 e. The average Bonchev–Trinajstić information content (AvgIpc) is 2.76. The van der Waals surface area contributed by atoms with Crippen molar-refractivity contribution in [1.82, 2.24) is 0 Å². The maximum atomic E-state index is 12.0. The van der Waals surface area contributed by atoms with Gasteiger partial charge in [-0.05, 0) is 28.7 Å². The number of carbonyl (C=O) groups is 2. The molecule has 0 atom stereocenters. The van der Waals surface area contributed by atoms with E-state index in [1.807, 2.05) is 36.4 Å². The zero-order valence-electron chi connectivity index (χ0n) is 10.2. The van der Waals surface area contributed by atoms with Gasteiger partial charge in [0, 0.05) is 5.56 Å². The molecule has 3 heteroatoms. The van der Waals surface area contributed by atoms with Crippen LogP contribution in [0, 0.1) is 0 Å². The first-order valence-electron chi connectivity index (χ1n) is 6.12. The Hall–Kier alpha value is -2.42. The molecule has 0 bridgehead atoms. The molecule has 1 aliphatic rings. The van der Waals surface area contributed by atoms with E-state index in [0.717, 1.165) is 16.7 Å². The topological polar surface area (TPSA) is 54.4 Å². The Labute approximate surface area is 110 Å². The molecule has 0 unspecified atom stereocenters.